The third-order valence-corrected chi connectivity index (χ3v) is 3.49. The molecule has 0 saturated heterocycles. The van der Waals surface area contributed by atoms with Crippen molar-refractivity contribution in [2.45, 2.75) is 38.8 Å². The van der Waals surface area contributed by atoms with Crippen molar-refractivity contribution < 1.29 is 4.79 Å². The Morgan fingerprint density at radius 1 is 1.42 bits per heavy atom. The molecule has 0 bridgehead atoms. The molecule has 1 aromatic rings. The normalized spacial score (nSPS) is 16.3. The number of nitrogens with one attached hydrogen (secondary N) is 1. The summed E-state index contributed by atoms with van der Waals surface area (Å²) in [4.78, 5) is 13.8. The number of carbonyl (C=O) groups is 1. The fourth-order valence-corrected chi connectivity index (χ4v) is 2.65. The number of nitrogens with zero attached hydrogens (tertiary/aromatic N) is 1. The Morgan fingerprint density at radius 3 is 2.84 bits per heavy atom. The van der Waals surface area contributed by atoms with E-state index in [0.29, 0.717) is 6.54 Å². The first-order valence-electron chi connectivity index (χ1n) is 6.96. The van der Waals surface area contributed by atoms with Crippen LogP contribution in [0.4, 0.5) is 5.69 Å². The first kappa shape index (κ1) is 13.9. The lowest BCUT2D eigenvalue weighted by Crippen LogP contribution is -2.52. The van der Waals surface area contributed by atoms with Gasteiger partial charge in [-0.15, -0.1) is 0 Å². The lowest BCUT2D eigenvalue weighted by atomic mass is 10.0. The highest BCUT2D eigenvalue weighted by Crippen LogP contribution is 2.26. The van der Waals surface area contributed by atoms with Crippen LogP contribution in [0.5, 0.6) is 0 Å². The molecular formula is C15H23N3O. The number of aryl methyl sites for hydroxylation is 1. The minimum absolute atomic E-state index is 0.248. The molecule has 0 spiro atoms. The molecule has 4 nitrogen and oxygen atoms in total. The topological polar surface area (TPSA) is 58.4 Å². The highest BCUT2D eigenvalue weighted by atomic mass is 16.1. The van der Waals surface area contributed by atoms with Gasteiger partial charge in [0, 0.05) is 24.8 Å². The van der Waals surface area contributed by atoms with Gasteiger partial charge in [-0.05, 0) is 24.5 Å². The third-order valence-electron chi connectivity index (χ3n) is 3.49. The lowest BCUT2D eigenvalue weighted by Gasteiger charge is -2.34. The Kier molecular flexibility index (Phi) is 4.43. The molecule has 3 N–H and O–H groups in total. The lowest BCUT2D eigenvalue weighted by molar-refractivity contribution is -0.120. The predicted octanol–water partition coefficient (Wildman–Crippen LogP) is 1.29. The molecule has 1 heterocycles. The summed E-state index contributed by atoms with van der Waals surface area (Å²) in [6, 6.07) is 8.36. The Bertz CT molecular complexity index is 445. The maximum Gasteiger partial charge on any atom is 0.236 e. The van der Waals surface area contributed by atoms with Gasteiger partial charge in [0.1, 0.15) is 6.04 Å². The van der Waals surface area contributed by atoms with Crippen LogP contribution in [0.1, 0.15) is 25.8 Å². The number of benzene rings is 1. The largest absolute Gasteiger partial charge is 0.369 e. The number of amides is 1. The Hall–Kier alpha value is -1.55. The second-order valence-electron chi connectivity index (χ2n) is 5.45. The van der Waals surface area contributed by atoms with Gasteiger partial charge in [-0.3, -0.25) is 4.79 Å². The fourth-order valence-electron chi connectivity index (χ4n) is 2.65. The van der Waals surface area contributed by atoms with E-state index in [0.717, 1.165) is 19.4 Å². The summed E-state index contributed by atoms with van der Waals surface area (Å²) in [6.45, 7) is 5.69. The van der Waals surface area contributed by atoms with Crippen LogP contribution in [0.15, 0.2) is 24.3 Å². The molecule has 1 unspecified atom stereocenters. The molecule has 1 amide bonds. The number of para-hydroxylation sites is 1. The van der Waals surface area contributed by atoms with Crippen LogP contribution < -0.4 is 16.0 Å². The van der Waals surface area contributed by atoms with Crippen LogP contribution in [-0.2, 0) is 11.2 Å². The van der Waals surface area contributed by atoms with E-state index < -0.39 is 0 Å². The van der Waals surface area contributed by atoms with Crippen molar-refractivity contribution in [1.82, 2.24) is 5.32 Å². The number of fused-ring (bicyclic) bond motifs is 1. The predicted molar refractivity (Wildman–Crippen MR) is 78.2 cm³/mol. The van der Waals surface area contributed by atoms with E-state index in [-0.39, 0.29) is 18.0 Å². The summed E-state index contributed by atoms with van der Waals surface area (Å²) in [5, 5.41) is 3.24. The molecule has 1 atom stereocenters. The van der Waals surface area contributed by atoms with E-state index in [1.54, 1.807) is 0 Å². The molecule has 2 rings (SSSR count). The molecule has 1 aliphatic rings. The van der Waals surface area contributed by atoms with Gasteiger partial charge in [-0.2, -0.15) is 0 Å². The first-order chi connectivity index (χ1) is 9.08. The summed E-state index contributed by atoms with van der Waals surface area (Å²) in [6.07, 6.45) is 2.25. The molecule has 1 aliphatic heterocycles. The number of primary amides is 1. The van der Waals surface area contributed by atoms with Crippen LogP contribution in [0.2, 0.25) is 0 Å². The summed E-state index contributed by atoms with van der Waals surface area (Å²) in [5.41, 5.74) is 8.10. The molecule has 4 heteroatoms. The maximum atomic E-state index is 11.6. The average Bonchev–Trinajstić information content (AvgIpc) is 2.37. The van der Waals surface area contributed by atoms with E-state index in [4.69, 9.17) is 5.73 Å². The van der Waals surface area contributed by atoms with Crippen molar-refractivity contribution in [3.8, 4) is 0 Å². The summed E-state index contributed by atoms with van der Waals surface area (Å²) in [5.74, 6) is -0.281. The smallest absolute Gasteiger partial charge is 0.236 e. The standard InChI is InChI=1S/C15H23N3O/c1-11(2)17-13(15(16)19)10-18-9-5-7-12-6-3-4-8-14(12)18/h3-4,6,8,11,13,17H,5,7,9-10H2,1-2H3,(H2,16,19). The van der Waals surface area contributed by atoms with Crippen molar-refractivity contribution in [3.05, 3.63) is 29.8 Å². The molecule has 0 aliphatic carbocycles. The van der Waals surface area contributed by atoms with Crippen molar-refractivity contribution in [1.29, 1.82) is 0 Å². The van der Waals surface area contributed by atoms with Gasteiger partial charge in [-0.25, -0.2) is 0 Å². The van der Waals surface area contributed by atoms with Gasteiger partial charge in [0.25, 0.3) is 0 Å². The van der Waals surface area contributed by atoms with Gasteiger partial charge >= 0.3 is 0 Å². The van der Waals surface area contributed by atoms with Crippen molar-refractivity contribution in [3.63, 3.8) is 0 Å². The number of hydrogen-bond acceptors (Lipinski definition) is 3. The third kappa shape index (κ3) is 3.47. The number of carbonyl (C=O) groups excluding carboxylic acids is 1. The van der Waals surface area contributed by atoms with E-state index in [9.17, 15) is 4.79 Å². The number of hydrogen-bond donors (Lipinski definition) is 2. The molecule has 1 aromatic carbocycles. The average molecular weight is 261 g/mol. The number of nitrogens with two attached hydrogens (primary N) is 1. The summed E-state index contributed by atoms with van der Waals surface area (Å²) in [7, 11) is 0. The van der Waals surface area contributed by atoms with Crippen LogP contribution in [-0.4, -0.2) is 31.1 Å². The molecular weight excluding hydrogens is 238 g/mol. The van der Waals surface area contributed by atoms with Crippen LogP contribution >= 0.6 is 0 Å². The fraction of sp³-hybridized carbons (Fsp3) is 0.533. The zero-order valence-electron chi connectivity index (χ0n) is 11.7. The van der Waals surface area contributed by atoms with E-state index in [2.05, 4.69) is 28.4 Å². The number of rotatable bonds is 5. The second-order valence-corrected chi connectivity index (χ2v) is 5.45. The highest BCUT2D eigenvalue weighted by molar-refractivity contribution is 5.80. The minimum Gasteiger partial charge on any atom is -0.369 e. The SMILES string of the molecule is CC(C)NC(CN1CCCc2ccccc21)C(N)=O. The molecule has 104 valence electrons. The summed E-state index contributed by atoms with van der Waals surface area (Å²) >= 11 is 0. The molecule has 0 fully saturated rings. The first-order valence-corrected chi connectivity index (χ1v) is 6.96. The summed E-state index contributed by atoms with van der Waals surface area (Å²) < 4.78 is 0. The Balaban J connectivity index is 2.12. The van der Waals surface area contributed by atoms with E-state index in [1.807, 2.05) is 19.9 Å². The quantitative estimate of drug-likeness (QED) is 0.839. The minimum atomic E-state index is -0.300. The van der Waals surface area contributed by atoms with E-state index >= 15 is 0 Å². The molecule has 0 saturated carbocycles. The van der Waals surface area contributed by atoms with Crippen molar-refractivity contribution in [2.75, 3.05) is 18.0 Å². The maximum absolute atomic E-state index is 11.6. The van der Waals surface area contributed by atoms with Gasteiger partial charge in [0.05, 0.1) is 0 Å². The van der Waals surface area contributed by atoms with Crippen LogP contribution in [0, 0.1) is 0 Å². The Morgan fingerprint density at radius 2 is 2.16 bits per heavy atom. The van der Waals surface area contributed by atoms with Crippen molar-refractivity contribution >= 4 is 11.6 Å². The second kappa shape index (κ2) is 6.06. The van der Waals surface area contributed by atoms with Gasteiger partial charge in [0.2, 0.25) is 5.91 Å². The van der Waals surface area contributed by atoms with Crippen molar-refractivity contribution in [2.24, 2.45) is 5.73 Å². The van der Waals surface area contributed by atoms with Gasteiger partial charge in [0.15, 0.2) is 0 Å². The zero-order valence-corrected chi connectivity index (χ0v) is 11.7. The zero-order chi connectivity index (χ0) is 13.8. The Labute approximate surface area is 115 Å². The number of anilines is 1. The van der Waals surface area contributed by atoms with Crippen LogP contribution in [0.25, 0.3) is 0 Å². The monoisotopic (exact) mass is 261 g/mol. The van der Waals surface area contributed by atoms with Gasteiger partial charge < -0.3 is 16.0 Å². The molecule has 19 heavy (non-hydrogen) atoms. The molecule has 0 aromatic heterocycles. The van der Waals surface area contributed by atoms with Gasteiger partial charge in [-0.1, -0.05) is 32.0 Å². The molecule has 0 radical (unpaired) electrons. The van der Waals surface area contributed by atoms with E-state index in [1.165, 1.54) is 11.3 Å². The van der Waals surface area contributed by atoms with Crippen LogP contribution in [0.3, 0.4) is 0 Å². The highest BCUT2D eigenvalue weighted by Gasteiger charge is 2.23.